The van der Waals surface area contributed by atoms with Crippen molar-refractivity contribution in [3.8, 4) is 0 Å². The molecular formula is C9H7BrClN3O2S2. The molecule has 0 saturated heterocycles. The summed E-state index contributed by atoms with van der Waals surface area (Å²) in [6.45, 7) is 1.59. The van der Waals surface area contributed by atoms with Gasteiger partial charge in [-0.2, -0.15) is 0 Å². The van der Waals surface area contributed by atoms with Crippen LogP contribution in [0.2, 0.25) is 4.47 Å². The molecule has 0 bridgehead atoms. The third-order valence-electron chi connectivity index (χ3n) is 1.94. The molecule has 9 heteroatoms. The molecule has 0 amide bonds. The van der Waals surface area contributed by atoms with Crippen LogP contribution in [-0.4, -0.2) is 18.4 Å². The van der Waals surface area contributed by atoms with Gasteiger partial charge in [0, 0.05) is 10.7 Å². The molecule has 0 radical (unpaired) electrons. The van der Waals surface area contributed by atoms with Gasteiger partial charge in [0.1, 0.15) is 5.82 Å². The Balaban J connectivity index is 2.33. The van der Waals surface area contributed by atoms with Crippen LogP contribution < -0.4 is 4.72 Å². The molecule has 0 aliphatic rings. The number of rotatable bonds is 3. The Morgan fingerprint density at radius 3 is 2.67 bits per heavy atom. The molecule has 1 N–H and O–H groups in total. The monoisotopic (exact) mass is 367 g/mol. The summed E-state index contributed by atoms with van der Waals surface area (Å²) in [5, 5.41) is 0. The van der Waals surface area contributed by atoms with Crippen LogP contribution in [0.15, 0.2) is 27.0 Å². The predicted molar refractivity (Wildman–Crippen MR) is 74.6 cm³/mol. The first-order valence-corrected chi connectivity index (χ1v) is 8.13. The number of pyridine rings is 1. The van der Waals surface area contributed by atoms with E-state index in [0.29, 0.717) is 5.69 Å². The predicted octanol–water partition coefficient (Wildman–Crippen LogP) is 3.06. The van der Waals surface area contributed by atoms with Crippen molar-refractivity contribution in [2.24, 2.45) is 0 Å². The van der Waals surface area contributed by atoms with Crippen LogP contribution in [0.1, 0.15) is 5.69 Å². The van der Waals surface area contributed by atoms with Crippen LogP contribution in [0.25, 0.3) is 0 Å². The van der Waals surface area contributed by atoms with Crippen LogP contribution in [0.4, 0.5) is 5.82 Å². The minimum atomic E-state index is -3.69. The zero-order chi connectivity index (χ0) is 13.3. The van der Waals surface area contributed by atoms with Crippen molar-refractivity contribution >= 4 is 54.7 Å². The van der Waals surface area contributed by atoms with E-state index in [9.17, 15) is 8.42 Å². The maximum absolute atomic E-state index is 12.1. The van der Waals surface area contributed by atoms with Crippen LogP contribution >= 0.6 is 38.9 Å². The minimum absolute atomic E-state index is 0.0946. The average Bonchev–Trinajstić information content (AvgIpc) is 2.62. The molecule has 0 saturated carbocycles. The first-order chi connectivity index (χ1) is 8.38. The van der Waals surface area contributed by atoms with Crippen molar-refractivity contribution < 1.29 is 8.42 Å². The smallest absolute Gasteiger partial charge is 0.263 e. The zero-order valence-electron chi connectivity index (χ0n) is 9.02. The van der Waals surface area contributed by atoms with E-state index in [2.05, 4.69) is 30.6 Å². The molecule has 0 fully saturated rings. The molecule has 0 spiro atoms. The fourth-order valence-corrected chi connectivity index (χ4v) is 4.20. The fourth-order valence-electron chi connectivity index (χ4n) is 1.22. The number of sulfonamides is 1. The van der Waals surface area contributed by atoms with E-state index < -0.39 is 10.0 Å². The van der Waals surface area contributed by atoms with Gasteiger partial charge in [0.15, 0.2) is 8.68 Å². The normalized spacial score (nSPS) is 11.5. The Bertz CT molecular complexity index is 670. The van der Waals surface area contributed by atoms with Gasteiger partial charge in [-0.15, -0.1) is 0 Å². The van der Waals surface area contributed by atoms with E-state index >= 15 is 0 Å². The Morgan fingerprint density at radius 1 is 1.44 bits per heavy atom. The molecule has 5 nitrogen and oxygen atoms in total. The molecule has 0 aromatic carbocycles. The summed E-state index contributed by atoms with van der Waals surface area (Å²) >= 11 is 9.82. The van der Waals surface area contributed by atoms with E-state index in [1.54, 1.807) is 19.1 Å². The van der Waals surface area contributed by atoms with E-state index in [1.165, 1.54) is 6.20 Å². The standard InChI is InChI=1S/C9H7BrClN3O2S2/c1-5-8(17-9(11)13-5)18(15,16)14-7-3-2-6(10)4-12-7/h2-4H,1H3,(H,12,14). The van der Waals surface area contributed by atoms with Gasteiger partial charge in [-0.25, -0.2) is 18.4 Å². The number of aromatic nitrogens is 2. The number of anilines is 1. The van der Waals surface area contributed by atoms with Gasteiger partial charge in [-0.1, -0.05) is 22.9 Å². The molecule has 2 aromatic heterocycles. The highest BCUT2D eigenvalue weighted by atomic mass is 79.9. The van der Waals surface area contributed by atoms with Gasteiger partial charge in [0.05, 0.1) is 5.69 Å². The minimum Gasteiger partial charge on any atom is -0.263 e. The van der Waals surface area contributed by atoms with E-state index in [1.807, 2.05) is 0 Å². The fraction of sp³-hybridized carbons (Fsp3) is 0.111. The van der Waals surface area contributed by atoms with Gasteiger partial charge in [-0.3, -0.25) is 4.72 Å². The number of nitrogens with one attached hydrogen (secondary N) is 1. The summed E-state index contributed by atoms with van der Waals surface area (Å²) in [5.74, 6) is 0.238. The second-order valence-corrected chi connectivity index (χ2v) is 7.68. The highest BCUT2D eigenvalue weighted by Crippen LogP contribution is 2.28. The summed E-state index contributed by atoms with van der Waals surface area (Å²) < 4.78 is 27.6. The van der Waals surface area contributed by atoms with Gasteiger partial charge in [0.2, 0.25) is 0 Å². The maximum atomic E-state index is 12.1. The summed E-state index contributed by atoms with van der Waals surface area (Å²) in [7, 11) is -3.69. The molecule has 0 unspecified atom stereocenters. The number of hydrogen-bond acceptors (Lipinski definition) is 5. The molecular weight excluding hydrogens is 362 g/mol. The highest BCUT2D eigenvalue weighted by molar-refractivity contribution is 9.10. The van der Waals surface area contributed by atoms with Crippen molar-refractivity contribution in [1.29, 1.82) is 0 Å². The van der Waals surface area contributed by atoms with Crippen LogP contribution in [0, 0.1) is 6.92 Å². The van der Waals surface area contributed by atoms with Gasteiger partial charge in [0.25, 0.3) is 10.0 Å². The Kier molecular flexibility index (Phi) is 3.90. The molecule has 0 atom stereocenters. The van der Waals surface area contributed by atoms with Crippen molar-refractivity contribution in [1.82, 2.24) is 9.97 Å². The summed E-state index contributed by atoms with van der Waals surface area (Å²) in [4.78, 5) is 7.81. The Labute approximate surface area is 121 Å². The highest BCUT2D eigenvalue weighted by Gasteiger charge is 2.21. The number of hydrogen-bond donors (Lipinski definition) is 1. The zero-order valence-corrected chi connectivity index (χ0v) is 13.0. The van der Waals surface area contributed by atoms with E-state index in [-0.39, 0.29) is 14.5 Å². The van der Waals surface area contributed by atoms with Crippen molar-refractivity contribution in [3.05, 3.63) is 33.0 Å². The summed E-state index contributed by atoms with van der Waals surface area (Å²) in [6, 6.07) is 3.25. The number of nitrogens with zero attached hydrogens (tertiary/aromatic N) is 2. The number of aryl methyl sites for hydroxylation is 1. The van der Waals surface area contributed by atoms with Crippen molar-refractivity contribution in [2.45, 2.75) is 11.1 Å². The van der Waals surface area contributed by atoms with E-state index in [0.717, 1.165) is 15.8 Å². The maximum Gasteiger partial charge on any atom is 0.274 e. The summed E-state index contributed by atoms with van der Waals surface area (Å²) in [5.41, 5.74) is 0.370. The van der Waals surface area contributed by atoms with Crippen LogP contribution in [0.5, 0.6) is 0 Å². The lowest BCUT2D eigenvalue weighted by Crippen LogP contribution is -2.13. The molecule has 2 heterocycles. The third-order valence-corrected chi connectivity index (χ3v) is 5.63. The number of halogens is 2. The molecule has 96 valence electrons. The first-order valence-electron chi connectivity index (χ1n) is 4.66. The van der Waals surface area contributed by atoms with Gasteiger partial charge >= 0.3 is 0 Å². The molecule has 0 aliphatic carbocycles. The Morgan fingerprint density at radius 2 is 2.17 bits per heavy atom. The van der Waals surface area contributed by atoms with Crippen LogP contribution in [-0.2, 0) is 10.0 Å². The SMILES string of the molecule is Cc1nc(Cl)sc1S(=O)(=O)Nc1ccc(Br)cn1. The first kappa shape index (κ1) is 13.7. The topological polar surface area (TPSA) is 72.0 Å². The Hall–Kier alpha value is -0.700. The average molecular weight is 369 g/mol. The van der Waals surface area contributed by atoms with Gasteiger partial charge < -0.3 is 0 Å². The second kappa shape index (κ2) is 5.12. The molecule has 0 aliphatic heterocycles. The molecule has 18 heavy (non-hydrogen) atoms. The van der Waals surface area contributed by atoms with Crippen LogP contribution in [0.3, 0.4) is 0 Å². The lowest BCUT2D eigenvalue weighted by molar-refractivity contribution is 0.602. The van der Waals surface area contributed by atoms with Crippen molar-refractivity contribution in [2.75, 3.05) is 4.72 Å². The largest absolute Gasteiger partial charge is 0.274 e. The van der Waals surface area contributed by atoms with E-state index in [4.69, 9.17) is 11.6 Å². The molecule has 2 rings (SSSR count). The lowest BCUT2D eigenvalue weighted by Gasteiger charge is -2.05. The third kappa shape index (κ3) is 3.00. The summed E-state index contributed by atoms with van der Waals surface area (Å²) in [6.07, 6.45) is 1.50. The second-order valence-electron chi connectivity index (χ2n) is 3.31. The molecule has 2 aromatic rings. The quantitative estimate of drug-likeness (QED) is 0.903. The van der Waals surface area contributed by atoms with Crippen molar-refractivity contribution in [3.63, 3.8) is 0 Å². The van der Waals surface area contributed by atoms with Gasteiger partial charge in [-0.05, 0) is 35.0 Å². The lowest BCUT2D eigenvalue weighted by atomic mass is 10.5. The number of thiazole rings is 1.